The molecule has 0 saturated carbocycles. The Kier molecular flexibility index (Phi) is 8.88. The summed E-state index contributed by atoms with van der Waals surface area (Å²) in [5, 5.41) is 6.01. The number of halogens is 1. The van der Waals surface area contributed by atoms with Crippen molar-refractivity contribution in [1.82, 2.24) is 10.6 Å². The molecule has 1 amide bonds. The average Bonchev–Trinajstić information content (AvgIpc) is 2.52. The smallest absolute Gasteiger partial charge is 0.251 e. The highest BCUT2D eigenvalue weighted by molar-refractivity contribution is 9.10. The quantitative estimate of drug-likeness (QED) is 0.611. The molecule has 0 atom stereocenters. The Balaban J connectivity index is 2.60. The summed E-state index contributed by atoms with van der Waals surface area (Å²) in [5.41, 5.74) is 0.518. The van der Waals surface area contributed by atoms with Gasteiger partial charge >= 0.3 is 0 Å². The summed E-state index contributed by atoms with van der Waals surface area (Å²) in [7, 11) is 3.20. The lowest BCUT2D eigenvalue weighted by Crippen LogP contribution is -2.33. The van der Waals surface area contributed by atoms with Crippen molar-refractivity contribution in [1.29, 1.82) is 0 Å². The monoisotopic (exact) mass is 374 g/mol. The van der Waals surface area contributed by atoms with Gasteiger partial charge in [-0.05, 0) is 35.0 Å². The zero-order valence-corrected chi connectivity index (χ0v) is 14.8. The first-order valence-electron chi connectivity index (χ1n) is 7.12. The molecular weight excluding hydrogens is 352 g/mol. The highest BCUT2D eigenvalue weighted by Gasteiger charge is 2.15. The van der Waals surface area contributed by atoms with Crippen LogP contribution in [0.4, 0.5) is 0 Å². The summed E-state index contributed by atoms with van der Waals surface area (Å²) >= 11 is 3.41. The minimum absolute atomic E-state index is 0.157. The Morgan fingerprint density at radius 1 is 1.23 bits per heavy atom. The van der Waals surface area contributed by atoms with E-state index in [0.717, 1.165) is 6.54 Å². The fourth-order valence-corrected chi connectivity index (χ4v) is 2.36. The summed E-state index contributed by atoms with van der Waals surface area (Å²) in [6, 6.07) is 3.39. The summed E-state index contributed by atoms with van der Waals surface area (Å²) in [4.78, 5) is 12.1. The molecule has 1 aromatic carbocycles. The number of amides is 1. The first-order chi connectivity index (χ1) is 10.6. The molecule has 124 valence electrons. The van der Waals surface area contributed by atoms with Gasteiger partial charge in [-0.3, -0.25) is 4.79 Å². The molecule has 0 fully saturated rings. The number of hydrogen-bond acceptors (Lipinski definition) is 5. The van der Waals surface area contributed by atoms with Crippen LogP contribution in [-0.2, 0) is 4.74 Å². The summed E-state index contributed by atoms with van der Waals surface area (Å²) in [6.45, 7) is 5.04. The first-order valence-corrected chi connectivity index (χ1v) is 7.91. The largest absolute Gasteiger partial charge is 0.493 e. The van der Waals surface area contributed by atoms with E-state index >= 15 is 0 Å². The number of methoxy groups -OCH3 is 2. The maximum absolute atomic E-state index is 12.1. The summed E-state index contributed by atoms with van der Waals surface area (Å²) in [6.07, 6.45) is 0. The number of rotatable bonds is 10. The Hall–Kier alpha value is -1.31. The van der Waals surface area contributed by atoms with E-state index in [2.05, 4.69) is 26.6 Å². The van der Waals surface area contributed by atoms with E-state index in [1.807, 2.05) is 6.92 Å². The minimum Gasteiger partial charge on any atom is -0.493 e. The Morgan fingerprint density at radius 3 is 2.64 bits per heavy atom. The van der Waals surface area contributed by atoms with Crippen molar-refractivity contribution in [3.63, 3.8) is 0 Å². The Morgan fingerprint density at radius 2 is 2.00 bits per heavy atom. The highest BCUT2D eigenvalue weighted by atomic mass is 79.9. The van der Waals surface area contributed by atoms with Gasteiger partial charge in [-0.2, -0.15) is 0 Å². The van der Waals surface area contributed by atoms with Gasteiger partial charge < -0.3 is 24.8 Å². The summed E-state index contributed by atoms with van der Waals surface area (Å²) in [5.74, 6) is 0.970. The normalized spacial score (nSPS) is 10.4. The Bertz CT molecular complexity index is 483. The SMILES string of the molecule is CCOc1c(Br)cc(C(=O)NCCNCCOC)cc1OC. The van der Waals surface area contributed by atoms with Crippen LogP contribution in [0, 0.1) is 0 Å². The van der Waals surface area contributed by atoms with Gasteiger partial charge in [0.1, 0.15) is 0 Å². The van der Waals surface area contributed by atoms with Gasteiger partial charge in [0.05, 0.1) is 24.8 Å². The molecule has 0 spiro atoms. The minimum atomic E-state index is -0.157. The fourth-order valence-electron chi connectivity index (χ4n) is 1.80. The second kappa shape index (κ2) is 10.4. The molecule has 0 saturated heterocycles. The van der Waals surface area contributed by atoms with Gasteiger partial charge in [0.2, 0.25) is 0 Å². The van der Waals surface area contributed by atoms with E-state index in [9.17, 15) is 4.79 Å². The zero-order valence-electron chi connectivity index (χ0n) is 13.2. The molecule has 0 aliphatic rings. The molecular formula is C15H23BrN2O4. The molecule has 22 heavy (non-hydrogen) atoms. The highest BCUT2D eigenvalue weighted by Crippen LogP contribution is 2.36. The predicted octanol–water partition coefficient (Wildman–Crippen LogP) is 1.82. The predicted molar refractivity (Wildman–Crippen MR) is 88.9 cm³/mol. The summed E-state index contributed by atoms with van der Waals surface area (Å²) < 4.78 is 16.4. The van der Waals surface area contributed by atoms with Crippen molar-refractivity contribution in [3.8, 4) is 11.5 Å². The van der Waals surface area contributed by atoms with E-state index in [1.165, 1.54) is 0 Å². The van der Waals surface area contributed by atoms with Crippen LogP contribution in [0.25, 0.3) is 0 Å². The lowest BCUT2D eigenvalue weighted by Gasteiger charge is -2.13. The molecule has 7 heteroatoms. The molecule has 0 heterocycles. The average molecular weight is 375 g/mol. The molecule has 0 radical (unpaired) electrons. The Labute approximate surface area is 139 Å². The van der Waals surface area contributed by atoms with Gasteiger partial charge in [-0.1, -0.05) is 0 Å². The van der Waals surface area contributed by atoms with Crippen LogP contribution >= 0.6 is 15.9 Å². The zero-order chi connectivity index (χ0) is 16.4. The van der Waals surface area contributed by atoms with Gasteiger partial charge in [-0.15, -0.1) is 0 Å². The molecule has 0 aromatic heterocycles. The van der Waals surface area contributed by atoms with E-state index in [0.29, 0.717) is 47.8 Å². The standard InChI is InChI=1S/C15H23BrN2O4/c1-4-22-14-12(16)9-11(10-13(14)21-3)15(19)18-6-5-17-7-8-20-2/h9-10,17H,4-8H2,1-3H3,(H,18,19). The van der Waals surface area contributed by atoms with E-state index in [4.69, 9.17) is 14.2 Å². The van der Waals surface area contributed by atoms with Crippen molar-refractivity contribution in [3.05, 3.63) is 22.2 Å². The van der Waals surface area contributed by atoms with Crippen LogP contribution in [0.15, 0.2) is 16.6 Å². The topological polar surface area (TPSA) is 68.8 Å². The van der Waals surface area contributed by atoms with Crippen molar-refractivity contribution >= 4 is 21.8 Å². The second-order valence-electron chi connectivity index (χ2n) is 4.42. The van der Waals surface area contributed by atoms with Crippen LogP contribution in [-0.4, -0.2) is 53.0 Å². The number of carbonyl (C=O) groups is 1. The fraction of sp³-hybridized carbons (Fsp3) is 0.533. The van der Waals surface area contributed by atoms with Gasteiger partial charge in [-0.25, -0.2) is 0 Å². The number of ether oxygens (including phenoxy) is 3. The van der Waals surface area contributed by atoms with Crippen LogP contribution in [0.5, 0.6) is 11.5 Å². The third kappa shape index (κ3) is 5.82. The van der Waals surface area contributed by atoms with E-state index < -0.39 is 0 Å². The molecule has 1 rings (SSSR count). The van der Waals surface area contributed by atoms with Gasteiger partial charge in [0, 0.05) is 32.3 Å². The van der Waals surface area contributed by atoms with Crippen LogP contribution < -0.4 is 20.1 Å². The van der Waals surface area contributed by atoms with Crippen molar-refractivity contribution < 1.29 is 19.0 Å². The number of nitrogens with one attached hydrogen (secondary N) is 2. The van der Waals surface area contributed by atoms with Crippen LogP contribution in [0.2, 0.25) is 0 Å². The number of benzene rings is 1. The molecule has 6 nitrogen and oxygen atoms in total. The van der Waals surface area contributed by atoms with Crippen molar-refractivity contribution in [2.75, 3.05) is 47.1 Å². The van der Waals surface area contributed by atoms with Crippen molar-refractivity contribution in [2.45, 2.75) is 6.92 Å². The van der Waals surface area contributed by atoms with Gasteiger partial charge in [0.25, 0.3) is 5.91 Å². The van der Waals surface area contributed by atoms with E-state index in [-0.39, 0.29) is 5.91 Å². The molecule has 0 aliphatic heterocycles. The molecule has 2 N–H and O–H groups in total. The number of carbonyl (C=O) groups excluding carboxylic acids is 1. The van der Waals surface area contributed by atoms with Crippen LogP contribution in [0.3, 0.4) is 0 Å². The lowest BCUT2D eigenvalue weighted by molar-refractivity contribution is 0.0953. The van der Waals surface area contributed by atoms with Crippen molar-refractivity contribution in [2.24, 2.45) is 0 Å². The van der Waals surface area contributed by atoms with Gasteiger partial charge in [0.15, 0.2) is 11.5 Å². The molecule has 0 unspecified atom stereocenters. The lowest BCUT2D eigenvalue weighted by atomic mass is 10.2. The third-order valence-electron chi connectivity index (χ3n) is 2.85. The number of hydrogen-bond donors (Lipinski definition) is 2. The van der Waals surface area contributed by atoms with E-state index in [1.54, 1.807) is 26.4 Å². The third-order valence-corrected chi connectivity index (χ3v) is 3.44. The molecule has 1 aromatic rings. The maximum Gasteiger partial charge on any atom is 0.251 e. The first kappa shape index (κ1) is 18.7. The molecule has 0 aliphatic carbocycles. The van der Waals surface area contributed by atoms with Crippen LogP contribution in [0.1, 0.15) is 17.3 Å². The molecule has 0 bridgehead atoms. The second-order valence-corrected chi connectivity index (χ2v) is 5.28. The maximum atomic E-state index is 12.1.